The third-order valence-electron chi connectivity index (χ3n) is 3.42. The van der Waals surface area contributed by atoms with Crippen LogP contribution in [0.1, 0.15) is 24.0 Å². The van der Waals surface area contributed by atoms with E-state index in [4.69, 9.17) is 0 Å². The Morgan fingerprint density at radius 2 is 2.10 bits per heavy atom. The summed E-state index contributed by atoms with van der Waals surface area (Å²) >= 11 is 5.09. The Balaban J connectivity index is 2.19. The summed E-state index contributed by atoms with van der Waals surface area (Å²) in [4.78, 5) is 0.366. The van der Waals surface area contributed by atoms with Crippen molar-refractivity contribution in [1.29, 1.82) is 0 Å². The number of nitrogens with one attached hydrogen (secondary N) is 2. The second kappa shape index (κ2) is 7.46. The van der Waals surface area contributed by atoms with Crippen molar-refractivity contribution < 1.29 is 8.42 Å². The molecule has 0 unspecified atom stereocenters. The Labute approximate surface area is 139 Å². The fourth-order valence-corrected chi connectivity index (χ4v) is 4.41. The lowest BCUT2D eigenvalue weighted by molar-refractivity contribution is 0.583. The third-order valence-corrected chi connectivity index (χ3v) is 6.44. The average molecular weight is 393 g/mol. The normalized spacial score (nSPS) is 15.4. The summed E-state index contributed by atoms with van der Waals surface area (Å²) < 4.78 is 28.3. The van der Waals surface area contributed by atoms with Gasteiger partial charge in [-0.2, -0.15) is 11.8 Å². The molecule has 118 valence electrons. The first kappa shape index (κ1) is 17.3. The van der Waals surface area contributed by atoms with E-state index in [1.807, 2.05) is 19.2 Å². The zero-order valence-corrected chi connectivity index (χ0v) is 15.5. The van der Waals surface area contributed by atoms with Crippen LogP contribution >= 0.6 is 27.7 Å². The van der Waals surface area contributed by atoms with Gasteiger partial charge in [0.05, 0.1) is 4.90 Å². The lowest BCUT2D eigenvalue weighted by Gasteiger charge is -2.13. The maximum Gasteiger partial charge on any atom is 0.240 e. The zero-order valence-electron chi connectivity index (χ0n) is 12.3. The molecule has 1 saturated carbocycles. The van der Waals surface area contributed by atoms with E-state index in [-0.39, 0.29) is 0 Å². The number of benzene rings is 1. The number of rotatable bonds is 8. The zero-order chi connectivity index (χ0) is 15.5. The molecule has 0 heterocycles. The highest BCUT2D eigenvalue weighted by Crippen LogP contribution is 2.26. The van der Waals surface area contributed by atoms with E-state index in [1.54, 1.807) is 17.8 Å². The molecular formula is C14H21BrN2O2S2. The van der Waals surface area contributed by atoms with Gasteiger partial charge in [-0.05, 0) is 49.3 Å². The van der Waals surface area contributed by atoms with E-state index in [0.717, 1.165) is 21.4 Å². The highest BCUT2D eigenvalue weighted by Gasteiger charge is 2.22. The van der Waals surface area contributed by atoms with Crippen molar-refractivity contribution in [1.82, 2.24) is 10.0 Å². The minimum Gasteiger partial charge on any atom is -0.310 e. The Hall–Kier alpha value is -0.0800. The van der Waals surface area contributed by atoms with Crippen LogP contribution in [-0.2, 0) is 16.6 Å². The van der Waals surface area contributed by atoms with E-state index in [9.17, 15) is 8.42 Å². The van der Waals surface area contributed by atoms with Gasteiger partial charge in [-0.1, -0.05) is 15.9 Å². The molecule has 0 radical (unpaired) electrons. The molecule has 1 fully saturated rings. The molecule has 0 spiro atoms. The van der Waals surface area contributed by atoms with Crippen molar-refractivity contribution in [3.05, 3.63) is 27.7 Å². The van der Waals surface area contributed by atoms with Gasteiger partial charge < -0.3 is 5.32 Å². The molecule has 4 nitrogen and oxygen atoms in total. The number of sulfonamides is 1. The number of thioether (sulfide) groups is 1. The van der Waals surface area contributed by atoms with E-state index in [0.29, 0.717) is 24.0 Å². The average Bonchev–Trinajstić information content (AvgIpc) is 3.24. The molecule has 0 atom stereocenters. The van der Waals surface area contributed by atoms with Gasteiger partial charge in [0.15, 0.2) is 0 Å². The van der Waals surface area contributed by atoms with Gasteiger partial charge in [0.25, 0.3) is 0 Å². The highest BCUT2D eigenvalue weighted by molar-refractivity contribution is 9.10. The van der Waals surface area contributed by atoms with Crippen LogP contribution in [0.25, 0.3) is 0 Å². The van der Waals surface area contributed by atoms with Crippen molar-refractivity contribution >= 4 is 37.7 Å². The first-order chi connectivity index (χ1) is 9.94. The van der Waals surface area contributed by atoms with Crippen molar-refractivity contribution in [2.45, 2.75) is 37.2 Å². The maximum atomic E-state index is 12.4. The lowest BCUT2D eigenvalue weighted by Crippen LogP contribution is -2.27. The minimum atomic E-state index is -3.45. The summed E-state index contributed by atoms with van der Waals surface area (Å²) in [6.07, 6.45) is 4.39. The smallest absolute Gasteiger partial charge is 0.240 e. The fraction of sp³-hybridized carbons (Fsp3) is 0.571. The predicted molar refractivity (Wildman–Crippen MR) is 92.3 cm³/mol. The second-order valence-electron chi connectivity index (χ2n) is 5.25. The van der Waals surface area contributed by atoms with Crippen LogP contribution < -0.4 is 10.0 Å². The summed E-state index contributed by atoms with van der Waals surface area (Å²) in [6.45, 7) is 2.98. The maximum absolute atomic E-state index is 12.4. The largest absolute Gasteiger partial charge is 0.310 e. The quantitative estimate of drug-likeness (QED) is 0.667. The first-order valence-corrected chi connectivity index (χ1v) is 10.6. The summed E-state index contributed by atoms with van der Waals surface area (Å²) in [7, 11) is -3.45. The van der Waals surface area contributed by atoms with Crippen LogP contribution in [0.5, 0.6) is 0 Å². The second-order valence-corrected chi connectivity index (χ2v) is 8.82. The van der Waals surface area contributed by atoms with Gasteiger partial charge in [-0.15, -0.1) is 0 Å². The first-order valence-electron chi connectivity index (χ1n) is 6.95. The topological polar surface area (TPSA) is 58.2 Å². The molecule has 0 aliphatic heterocycles. The molecule has 0 bridgehead atoms. The number of hydrogen-bond donors (Lipinski definition) is 2. The molecule has 2 N–H and O–H groups in total. The minimum absolute atomic E-state index is 0.366. The van der Waals surface area contributed by atoms with E-state index >= 15 is 0 Å². The Kier molecular flexibility index (Phi) is 6.14. The summed E-state index contributed by atoms with van der Waals surface area (Å²) in [5.74, 6) is 0.766. The summed E-state index contributed by atoms with van der Waals surface area (Å²) in [5, 5.41) is 3.41. The molecule has 0 amide bonds. The summed E-state index contributed by atoms with van der Waals surface area (Å²) in [6, 6.07) is 4.37. The molecule has 0 aromatic heterocycles. The van der Waals surface area contributed by atoms with Crippen LogP contribution in [0.2, 0.25) is 0 Å². The predicted octanol–water partition coefficient (Wildman–Crippen LogP) is 2.65. The molecule has 21 heavy (non-hydrogen) atoms. The molecule has 1 aliphatic rings. The number of hydrogen-bond acceptors (Lipinski definition) is 4. The van der Waals surface area contributed by atoms with Crippen molar-refractivity contribution in [3.63, 3.8) is 0 Å². The summed E-state index contributed by atoms with van der Waals surface area (Å²) in [5.41, 5.74) is 1.74. The van der Waals surface area contributed by atoms with Crippen molar-refractivity contribution in [2.75, 3.05) is 18.6 Å². The van der Waals surface area contributed by atoms with Gasteiger partial charge in [0.2, 0.25) is 10.0 Å². The van der Waals surface area contributed by atoms with E-state index in [1.165, 1.54) is 12.8 Å². The van der Waals surface area contributed by atoms with Crippen LogP contribution in [-0.4, -0.2) is 33.0 Å². The van der Waals surface area contributed by atoms with Gasteiger partial charge in [-0.3, -0.25) is 0 Å². The molecule has 1 aliphatic carbocycles. The van der Waals surface area contributed by atoms with Crippen LogP contribution in [0, 0.1) is 6.92 Å². The van der Waals surface area contributed by atoms with Crippen molar-refractivity contribution in [3.8, 4) is 0 Å². The molecule has 0 saturated heterocycles. The lowest BCUT2D eigenvalue weighted by atomic mass is 10.1. The van der Waals surface area contributed by atoms with E-state index in [2.05, 4.69) is 26.0 Å². The van der Waals surface area contributed by atoms with Crippen LogP contribution in [0.3, 0.4) is 0 Å². The SMILES string of the molecule is CSCCNS(=O)(=O)c1cc(CNC2CC2)cc(Br)c1C. The number of halogens is 1. The molecule has 7 heteroatoms. The highest BCUT2D eigenvalue weighted by atomic mass is 79.9. The molecule has 1 aromatic carbocycles. The standard InChI is InChI=1S/C14H21BrN2O2S2/c1-10-13(15)7-11(9-16-12-3-4-12)8-14(10)21(18,19)17-5-6-20-2/h7-8,12,16-17H,3-6,9H2,1-2H3. The van der Waals surface area contributed by atoms with Gasteiger partial charge in [0.1, 0.15) is 0 Å². The Morgan fingerprint density at radius 3 is 2.71 bits per heavy atom. The Bertz CT molecular complexity index is 601. The van der Waals surface area contributed by atoms with Crippen molar-refractivity contribution in [2.24, 2.45) is 0 Å². The van der Waals surface area contributed by atoms with Gasteiger partial charge in [-0.25, -0.2) is 13.1 Å². The van der Waals surface area contributed by atoms with Crippen LogP contribution in [0.15, 0.2) is 21.5 Å². The monoisotopic (exact) mass is 392 g/mol. The third kappa shape index (κ3) is 4.96. The van der Waals surface area contributed by atoms with Gasteiger partial charge in [0, 0.05) is 29.4 Å². The van der Waals surface area contributed by atoms with Crippen LogP contribution in [0.4, 0.5) is 0 Å². The molecular weight excluding hydrogens is 372 g/mol. The van der Waals surface area contributed by atoms with E-state index < -0.39 is 10.0 Å². The molecule has 2 rings (SSSR count). The fourth-order valence-electron chi connectivity index (χ4n) is 1.99. The van der Waals surface area contributed by atoms with Gasteiger partial charge >= 0.3 is 0 Å². The molecule has 1 aromatic rings. The Morgan fingerprint density at radius 1 is 1.38 bits per heavy atom.